The van der Waals surface area contributed by atoms with Crippen LogP contribution in [0.1, 0.15) is 21.5 Å². The maximum Gasteiger partial charge on any atom is 0.193 e. The largest absolute Gasteiger partial charge is 0.289 e. The molecule has 0 saturated carbocycles. The predicted octanol–water partition coefficient (Wildman–Crippen LogP) is 3.35. The molecule has 2 rings (SSSR count). The first kappa shape index (κ1) is 11.0. The molecule has 0 aromatic heterocycles. The van der Waals surface area contributed by atoms with Crippen LogP contribution in [0.4, 0.5) is 0 Å². The Kier molecular flexibility index (Phi) is 3.42. The normalized spacial score (nSPS) is 10.1. The lowest BCUT2D eigenvalue weighted by Crippen LogP contribution is -2.01. The fourth-order valence-electron chi connectivity index (χ4n) is 1.57. The first-order valence-electron chi connectivity index (χ1n) is 5.11. The van der Waals surface area contributed by atoms with Crippen molar-refractivity contribution >= 4 is 18.4 Å². The molecule has 0 aliphatic rings. The highest BCUT2D eigenvalue weighted by molar-refractivity contribution is 7.79. The van der Waals surface area contributed by atoms with Crippen LogP contribution in [0.2, 0.25) is 0 Å². The highest BCUT2D eigenvalue weighted by Crippen LogP contribution is 2.12. The van der Waals surface area contributed by atoms with E-state index in [2.05, 4.69) is 12.6 Å². The monoisotopic (exact) mass is 228 g/mol. The van der Waals surface area contributed by atoms with E-state index in [1.165, 1.54) is 0 Å². The van der Waals surface area contributed by atoms with Gasteiger partial charge in [0.15, 0.2) is 5.78 Å². The number of hydrogen-bond donors (Lipinski definition) is 1. The third kappa shape index (κ3) is 2.34. The molecule has 0 spiro atoms. The first-order valence-corrected chi connectivity index (χ1v) is 5.74. The Hall–Kier alpha value is -1.54. The molecule has 0 aliphatic heterocycles. The average Bonchev–Trinajstić information content (AvgIpc) is 2.39. The Morgan fingerprint density at radius 1 is 0.938 bits per heavy atom. The van der Waals surface area contributed by atoms with Gasteiger partial charge in [-0.3, -0.25) is 4.79 Å². The van der Waals surface area contributed by atoms with Gasteiger partial charge in [0.1, 0.15) is 0 Å². The van der Waals surface area contributed by atoms with Crippen molar-refractivity contribution in [1.29, 1.82) is 0 Å². The minimum Gasteiger partial charge on any atom is -0.289 e. The fraction of sp³-hybridized carbons (Fsp3) is 0.0714. The number of ketones is 1. The Bertz CT molecular complexity index is 491. The summed E-state index contributed by atoms with van der Waals surface area (Å²) >= 11 is 4.20. The van der Waals surface area contributed by atoms with E-state index < -0.39 is 0 Å². The summed E-state index contributed by atoms with van der Waals surface area (Å²) in [6.07, 6.45) is 0. The molecule has 1 nitrogen and oxygen atoms in total. The first-order chi connectivity index (χ1) is 7.81. The summed E-state index contributed by atoms with van der Waals surface area (Å²) in [5, 5.41) is 0. The zero-order chi connectivity index (χ0) is 11.4. The van der Waals surface area contributed by atoms with Crippen molar-refractivity contribution in [3.8, 4) is 0 Å². The molecular formula is C14H12OS. The smallest absolute Gasteiger partial charge is 0.193 e. The number of benzene rings is 2. The summed E-state index contributed by atoms with van der Waals surface area (Å²) in [5.41, 5.74) is 2.50. The minimum atomic E-state index is 0.0595. The van der Waals surface area contributed by atoms with Crippen LogP contribution in [-0.2, 0) is 5.75 Å². The topological polar surface area (TPSA) is 17.1 Å². The number of thiol groups is 1. The van der Waals surface area contributed by atoms with Gasteiger partial charge in [0.25, 0.3) is 0 Å². The van der Waals surface area contributed by atoms with Crippen LogP contribution in [0.25, 0.3) is 0 Å². The second-order valence-corrected chi connectivity index (χ2v) is 3.87. The lowest BCUT2D eigenvalue weighted by molar-refractivity contribution is 0.103. The molecule has 0 radical (unpaired) electrons. The van der Waals surface area contributed by atoms with E-state index in [1.807, 2.05) is 54.6 Å². The second kappa shape index (κ2) is 4.99. The minimum absolute atomic E-state index is 0.0595. The number of rotatable bonds is 3. The quantitative estimate of drug-likeness (QED) is 0.629. The van der Waals surface area contributed by atoms with Crippen LogP contribution in [0.5, 0.6) is 0 Å². The van der Waals surface area contributed by atoms with Crippen molar-refractivity contribution in [1.82, 2.24) is 0 Å². The van der Waals surface area contributed by atoms with Gasteiger partial charge in [-0.2, -0.15) is 12.6 Å². The average molecular weight is 228 g/mol. The van der Waals surface area contributed by atoms with Crippen LogP contribution < -0.4 is 0 Å². The molecule has 2 aromatic rings. The lowest BCUT2D eigenvalue weighted by Gasteiger charge is -2.02. The highest BCUT2D eigenvalue weighted by atomic mass is 32.1. The molecule has 0 heterocycles. The van der Waals surface area contributed by atoms with Gasteiger partial charge in [0.05, 0.1) is 0 Å². The van der Waals surface area contributed by atoms with Crippen molar-refractivity contribution in [2.75, 3.05) is 0 Å². The van der Waals surface area contributed by atoms with E-state index in [0.717, 1.165) is 16.7 Å². The maximum absolute atomic E-state index is 12.1. The summed E-state index contributed by atoms with van der Waals surface area (Å²) in [4.78, 5) is 12.1. The van der Waals surface area contributed by atoms with Gasteiger partial charge < -0.3 is 0 Å². The van der Waals surface area contributed by atoms with Crippen LogP contribution >= 0.6 is 12.6 Å². The van der Waals surface area contributed by atoms with E-state index in [4.69, 9.17) is 0 Å². The molecule has 0 atom stereocenters. The standard InChI is InChI=1S/C14H12OS/c15-14(12-6-2-1-3-7-12)13-8-4-5-11(9-13)10-16/h1-9,16H,10H2. The Balaban J connectivity index is 2.34. The van der Waals surface area contributed by atoms with Crippen LogP contribution in [0, 0.1) is 0 Å². The number of carbonyl (C=O) groups is 1. The Labute approximate surface area is 101 Å². The van der Waals surface area contributed by atoms with Gasteiger partial charge in [-0.05, 0) is 11.6 Å². The molecule has 0 saturated heterocycles. The molecule has 2 aromatic carbocycles. The molecule has 16 heavy (non-hydrogen) atoms. The van der Waals surface area contributed by atoms with Crippen LogP contribution in [0.15, 0.2) is 54.6 Å². The summed E-state index contributed by atoms with van der Waals surface area (Å²) < 4.78 is 0. The van der Waals surface area contributed by atoms with Gasteiger partial charge in [-0.15, -0.1) is 0 Å². The van der Waals surface area contributed by atoms with E-state index in [9.17, 15) is 4.79 Å². The summed E-state index contributed by atoms with van der Waals surface area (Å²) in [6.45, 7) is 0. The molecule has 0 amide bonds. The van der Waals surface area contributed by atoms with Gasteiger partial charge in [0, 0.05) is 16.9 Å². The zero-order valence-electron chi connectivity index (χ0n) is 8.76. The molecule has 0 N–H and O–H groups in total. The molecular weight excluding hydrogens is 216 g/mol. The van der Waals surface area contributed by atoms with Crippen molar-refractivity contribution in [2.45, 2.75) is 5.75 Å². The van der Waals surface area contributed by atoms with E-state index in [1.54, 1.807) is 0 Å². The second-order valence-electron chi connectivity index (χ2n) is 3.55. The molecule has 2 heteroatoms. The SMILES string of the molecule is O=C(c1ccccc1)c1cccc(CS)c1. The van der Waals surface area contributed by atoms with Gasteiger partial charge in [-0.1, -0.05) is 48.5 Å². The summed E-state index contributed by atoms with van der Waals surface area (Å²) in [5.74, 6) is 0.708. The highest BCUT2D eigenvalue weighted by Gasteiger charge is 2.08. The maximum atomic E-state index is 12.1. The Morgan fingerprint density at radius 2 is 1.62 bits per heavy atom. The van der Waals surface area contributed by atoms with Gasteiger partial charge in [-0.25, -0.2) is 0 Å². The van der Waals surface area contributed by atoms with E-state index >= 15 is 0 Å². The Morgan fingerprint density at radius 3 is 2.31 bits per heavy atom. The zero-order valence-corrected chi connectivity index (χ0v) is 9.65. The third-order valence-corrected chi connectivity index (χ3v) is 2.77. The number of carbonyl (C=O) groups excluding carboxylic acids is 1. The van der Waals surface area contributed by atoms with Crippen molar-refractivity contribution in [3.05, 3.63) is 71.3 Å². The predicted molar refractivity (Wildman–Crippen MR) is 69.0 cm³/mol. The fourth-order valence-corrected chi connectivity index (χ4v) is 1.76. The molecule has 0 fully saturated rings. The lowest BCUT2D eigenvalue weighted by atomic mass is 10.0. The molecule has 80 valence electrons. The van der Waals surface area contributed by atoms with Gasteiger partial charge in [0.2, 0.25) is 0 Å². The van der Waals surface area contributed by atoms with Crippen molar-refractivity contribution in [2.24, 2.45) is 0 Å². The van der Waals surface area contributed by atoms with Crippen LogP contribution in [0.3, 0.4) is 0 Å². The number of hydrogen-bond acceptors (Lipinski definition) is 2. The van der Waals surface area contributed by atoms with Crippen molar-refractivity contribution in [3.63, 3.8) is 0 Å². The molecule has 0 aliphatic carbocycles. The van der Waals surface area contributed by atoms with Crippen molar-refractivity contribution < 1.29 is 4.79 Å². The molecule has 0 bridgehead atoms. The third-order valence-electron chi connectivity index (χ3n) is 2.41. The summed E-state index contributed by atoms with van der Waals surface area (Å²) in [6, 6.07) is 16.9. The summed E-state index contributed by atoms with van der Waals surface area (Å²) in [7, 11) is 0. The van der Waals surface area contributed by atoms with E-state index in [-0.39, 0.29) is 5.78 Å². The van der Waals surface area contributed by atoms with Crippen LogP contribution in [-0.4, -0.2) is 5.78 Å². The molecule has 0 unspecified atom stereocenters. The van der Waals surface area contributed by atoms with E-state index in [0.29, 0.717) is 5.75 Å². The van der Waals surface area contributed by atoms with Gasteiger partial charge >= 0.3 is 0 Å².